The molecule has 1 saturated carbocycles. The average molecular weight is 761 g/mol. The highest BCUT2D eigenvalue weighted by Crippen LogP contribution is 2.38. The SMILES string of the molecule is CC[C@@H](OC(C)=O)[C@@H](C)[C@H]1O[C@@H]1CC(C)(O)/C=C/C=C(\C)[C@H]1OC(=O)C[C@@H](O)CC[C@](C)(O)[C@@H](OC(=O)N2CCN(C3CCCCCC3)CC2)/C=C/[C@@H]1C. The summed E-state index contributed by atoms with van der Waals surface area (Å²) in [7, 11) is 0. The van der Waals surface area contributed by atoms with E-state index in [4.69, 9.17) is 18.9 Å². The van der Waals surface area contributed by atoms with E-state index in [-0.39, 0.29) is 55.4 Å². The number of epoxide rings is 1. The highest BCUT2D eigenvalue weighted by Gasteiger charge is 2.48. The third kappa shape index (κ3) is 13.2. The number of esters is 2. The number of nitrogens with zero attached hydrogens (tertiary/aromatic N) is 2. The van der Waals surface area contributed by atoms with Crippen molar-refractivity contribution in [3.05, 3.63) is 36.0 Å². The predicted octanol–water partition coefficient (Wildman–Crippen LogP) is 5.62. The molecule has 0 aromatic carbocycles. The maximum atomic E-state index is 13.5. The second kappa shape index (κ2) is 19.9. The standard InChI is InChI=1S/C42H68N2O10/c1-8-34(51-31(5)45)30(4)39-35(52-39)27-41(6,49)20-13-14-28(2)38-29(3)17-18-36(42(7,50)21-19-33(46)26-37(47)54-38)53-40(48)44-24-22-43(23-25-44)32-15-11-9-10-12-16-32/h13-14,17-18,20,29-30,32-36,38-39,46,49-50H,8-12,15-16,19,21-27H2,1-7H3/b18-17+,20-13+,28-14+/t29-,30+,33-,34+,35+,36-,38+,39+,41?,42-/m0/s1. The summed E-state index contributed by atoms with van der Waals surface area (Å²) >= 11 is 0. The fraction of sp³-hybridized carbons (Fsp3) is 0.786. The Labute approximate surface area is 322 Å². The maximum absolute atomic E-state index is 13.5. The summed E-state index contributed by atoms with van der Waals surface area (Å²) in [5, 5.41) is 33.5. The molecule has 0 aromatic heterocycles. The molecule has 12 nitrogen and oxygen atoms in total. The average Bonchev–Trinajstić information content (AvgIpc) is 3.92. The number of cyclic esters (lactones) is 1. The Morgan fingerprint density at radius 2 is 1.76 bits per heavy atom. The van der Waals surface area contributed by atoms with Gasteiger partial charge in [-0.15, -0.1) is 0 Å². The van der Waals surface area contributed by atoms with Gasteiger partial charge in [0.25, 0.3) is 0 Å². The van der Waals surface area contributed by atoms with Crippen molar-refractivity contribution >= 4 is 18.0 Å². The molecule has 0 spiro atoms. The third-order valence-corrected chi connectivity index (χ3v) is 11.8. The number of amides is 1. The molecular weight excluding hydrogens is 692 g/mol. The number of aliphatic hydroxyl groups excluding tert-OH is 1. The Hall–Kier alpha value is -2.77. The number of allylic oxidation sites excluding steroid dienone is 2. The van der Waals surface area contributed by atoms with Crippen LogP contribution in [0.1, 0.15) is 119 Å². The second-order valence-corrected chi connectivity index (χ2v) is 16.8. The molecule has 3 fully saturated rings. The van der Waals surface area contributed by atoms with Gasteiger partial charge in [-0.05, 0) is 64.5 Å². The molecule has 306 valence electrons. The van der Waals surface area contributed by atoms with Gasteiger partial charge >= 0.3 is 18.0 Å². The fourth-order valence-corrected chi connectivity index (χ4v) is 8.27. The maximum Gasteiger partial charge on any atom is 0.410 e. The van der Waals surface area contributed by atoms with Crippen LogP contribution in [0.3, 0.4) is 0 Å². The highest BCUT2D eigenvalue weighted by molar-refractivity contribution is 5.70. The van der Waals surface area contributed by atoms with Gasteiger partial charge in [0.05, 0.1) is 30.3 Å². The van der Waals surface area contributed by atoms with Crippen LogP contribution in [0.15, 0.2) is 36.0 Å². The van der Waals surface area contributed by atoms with Crippen LogP contribution in [0.25, 0.3) is 0 Å². The number of rotatable bonds is 11. The van der Waals surface area contributed by atoms with Gasteiger partial charge in [-0.2, -0.15) is 0 Å². The first kappa shape index (κ1) is 44.0. The molecule has 3 aliphatic heterocycles. The monoisotopic (exact) mass is 760 g/mol. The van der Waals surface area contributed by atoms with E-state index in [1.54, 1.807) is 49.1 Å². The van der Waals surface area contributed by atoms with Gasteiger partial charge < -0.3 is 39.2 Å². The molecule has 1 unspecified atom stereocenters. The summed E-state index contributed by atoms with van der Waals surface area (Å²) in [4.78, 5) is 42.2. The topological polar surface area (TPSA) is 159 Å². The molecule has 3 N–H and O–H groups in total. The largest absolute Gasteiger partial charge is 0.462 e. The van der Waals surface area contributed by atoms with E-state index in [0.29, 0.717) is 37.5 Å². The quantitative estimate of drug-likeness (QED) is 0.0600. The van der Waals surface area contributed by atoms with Crippen molar-refractivity contribution < 1.29 is 48.7 Å². The Kier molecular flexibility index (Phi) is 16.2. The van der Waals surface area contributed by atoms with Crippen molar-refractivity contribution in [2.75, 3.05) is 26.2 Å². The lowest BCUT2D eigenvalue weighted by atomic mass is 9.88. The lowest BCUT2D eigenvalue weighted by molar-refractivity contribution is -0.152. The molecule has 0 bridgehead atoms. The molecule has 0 aromatic rings. The van der Waals surface area contributed by atoms with Crippen LogP contribution in [0.2, 0.25) is 0 Å². The van der Waals surface area contributed by atoms with Crippen LogP contribution in [0, 0.1) is 11.8 Å². The van der Waals surface area contributed by atoms with Crippen LogP contribution in [-0.2, 0) is 28.5 Å². The number of piperazine rings is 1. The molecule has 10 atom stereocenters. The molecule has 12 heteroatoms. The minimum Gasteiger partial charge on any atom is -0.462 e. The first-order chi connectivity index (χ1) is 25.5. The zero-order valence-corrected chi connectivity index (χ0v) is 33.8. The molecule has 4 rings (SSSR count). The molecule has 3 heterocycles. The van der Waals surface area contributed by atoms with E-state index in [9.17, 15) is 29.7 Å². The van der Waals surface area contributed by atoms with E-state index < -0.39 is 41.6 Å². The number of carbonyl (C=O) groups is 3. The fourth-order valence-electron chi connectivity index (χ4n) is 8.27. The minimum absolute atomic E-state index is 0.00662. The summed E-state index contributed by atoms with van der Waals surface area (Å²) < 4.78 is 23.2. The van der Waals surface area contributed by atoms with Crippen LogP contribution >= 0.6 is 0 Å². The molecule has 54 heavy (non-hydrogen) atoms. The van der Waals surface area contributed by atoms with E-state index in [0.717, 1.165) is 13.1 Å². The zero-order valence-electron chi connectivity index (χ0n) is 33.8. The number of hydrogen-bond acceptors (Lipinski definition) is 11. The summed E-state index contributed by atoms with van der Waals surface area (Å²) in [6.45, 7) is 15.1. The summed E-state index contributed by atoms with van der Waals surface area (Å²) in [5.41, 5.74) is -1.98. The molecule has 4 aliphatic rings. The zero-order chi connectivity index (χ0) is 39.6. The number of hydrogen-bond donors (Lipinski definition) is 3. The van der Waals surface area contributed by atoms with Gasteiger partial charge in [-0.25, -0.2) is 4.79 Å². The van der Waals surface area contributed by atoms with Crippen LogP contribution in [0.5, 0.6) is 0 Å². The first-order valence-corrected chi connectivity index (χ1v) is 20.4. The highest BCUT2D eigenvalue weighted by atomic mass is 16.6. The van der Waals surface area contributed by atoms with Gasteiger partial charge in [0.1, 0.15) is 17.8 Å². The van der Waals surface area contributed by atoms with Gasteiger partial charge in [0.2, 0.25) is 0 Å². The molecule has 0 radical (unpaired) electrons. The normalized spacial score (nSPS) is 34.0. The predicted molar refractivity (Wildman–Crippen MR) is 205 cm³/mol. The van der Waals surface area contributed by atoms with E-state index in [1.165, 1.54) is 45.4 Å². The van der Waals surface area contributed by atoms with Crippen molar-refractivity contribution in [3.63, 3.8) is 0 Å². The van der Waals surface area contributed by atoms with Gasteiger partial charge in [0.15, 0.2) is 6.10 Å². The van der Waals surface area contributed by atoms with E-state index in [1.807, 2.05) is 27.7 Å². The summed E-state index contributed by atoms with van der Waals surface area (Å²) in [6, 6.07) is 0.575. The van der Waals surface area contributed by atoms with Gasteiger partial charge in [-0.1, -0.05) is 70.8 Å². The number of ether oxygens (including phenoxy) is 4. The smallest absolute Gasteiger partial charge is 0.410 e. The van der Waals surface area contributed by atoms with Crippen LogP contribution < -0.4 is 0 Å². The Bertz CT molecular complexity index is 1330. The molecular formula is C42H68N2O10. The van der Waals surface area contributed by atoms with E-state index >= 15 is 0 Å². The van der Waals surface area contributed by atoms with Crippen molar-refractivity contribution in [2.45, 2.75) is 173 Å². The Morgan fingerprint density at radius 3 is 2.39 bits per heavy atom. The Morgan fingerprint density at radius 1 is 1.09 bits per heavy atom. The van der Waals surface area contributed by atoms with E-state index in [2.05, 4.69) is 4.90 Å². The van der Waals surface area contributed by atoms with Crippen molar-refractivity contribution in [2.24, 2.45) is 11.8 Å². The molecule has 1 amide bonds. The molecule has 2 saturated heterocycles. The molecule has 1 aliphatic carbocycles. The Balaban J connectivity index is 1.41. The van der Waals surface area contributed by atoms with Crippen molar-refractivity contribution in [1.29, 1.82) is 0 Å². The van der Waals surface area contributed by atoms with Crippen molar-refractivity contribution in [1.82, 2.24) is 9.80 Å². The number of aliphatic hydroxyl groups is 3. The lowest BCUT2D eigenvalue weighted by Crippen LogP contribution is -2.53. The van der Waals surface area contributed by atoms with Crippen LogP contribution in [0.4, 0.5) is 4.79 Å². The summed E-state index contributed by atoms with van der Waals surface area (Å²) in [6.07, 6.45) is 13.4. The van der Waals surface area contributed by atoms with Gasteiger partial charge in [0, 0.05) is 57.4 Å². The minimum atomic E-state index is -1.49. The first-order valence-electron chi connectivity index (χ1n) is 20.4. The van der Waals surface area contributed by atoms with Gasteiger partial charge in [-0.3, -0.25) is 14.5 Å². The van der Waals surface area contributed by atoms with Crippen molar-refractivity contribution in [3.8, 4) is 0 Å². The lowest BCUT2D eigenvalue weighted by Gasteiger charge is -2.40. The summed E-state index contributed by atoms with van der Waals surface area (Å²) in [5.74, 6) is -1.28. The number of carbonyl (C=O) groups excluding carboxylic acids is 3. The second-order valence-electron chi connectivity index (χ2n) is 16.8. The van der Waals surface area contributed by atoms with Crippen LogP contribution in [-0.4, -0.2) is 123 Å². The third-order valence-electron chi connectivity index (χ3n) is 11.8.